The second-order valence-electron chi connectivity index (χ2n) is 1.59. The predicted molar refractivity (Wildman–Crippen MR) is 36.2 cm³/mol. The molecule has 0 bridgehead atoms. The van der Waals surface area contributed by atoms with Crippen molar-refractivity contribution in [3.8, 4) is 0 Å². The first-order chi connectivity index (χ1) is 3.56. The van der Waals surface area contributed by atoms with E-state index in [4.69, 9.17) is 5.14 Å². The molecule has 1 unspecified atom stereocenters. The molecule has 0 aromatic carbocycles. The molecule has 0 saturated heterocycles. The van der Waals surface area contributed by atoms with Gasteiger partial charge in [0, 0.05) is 28.4 Å². The minimum atomic E-state index is -2.19. The molecule has 0 amide bonds. The van der Waals surface area contributed by atoms with Crippen LogP contribution in [0.3, 0.4) is 0 Å². The van der Waals surface area contributed by atoms with E-state index in [0.29, 0.717) is 6.61 Å². The van der Waals surface area contributed by atoms with Gasteiger partial charge in [0.1, 0.15) is 0 Å². The standard InChI is InChI=1S/C4H11NO2S/c1-7-3-4-8(2,5)6/h4H,3H2,1-2H3,(H2,5,6). The van der Waals surface area contributed by atoms with Gasteiger partial charge in [0.15, 0.2) is 0 Å². The number of hydrogen-bond donors (Lipinski definition) is 1. The Balaban J connectivity index is 3.78. The van der Waals surface area contributed by atoms with Crippen molar-refractivity contribution in [3.05, 3.63) is 0 Å². The molecule has 0 aliphatic rings. The van der Waals surface area contributed by atoms with Crippen LogP contribution in [-0.2, 0) is 14.4 Å². The lowest BCUT2D eigenvalue weighted by Gasteiger charge is -1.92. The molecule has 0 fully saturated rings. The SMILES string of the molecule is COCC=S(C)(N)=O. The van der Waals surface area contributed by atoms with E-state index in [1.54, 1.807) is 0 Å². The van der Waals surface area contributed by atoms with Crippen molar-refractivity contribution in [2.24, 2.45) is 5.14 Å². The van der Waals surface area contributed by atoms with Crippen molar-refractivity contribution >= 4 is 15.1 Å². The van der Waals surface area contributed by atoms with E-state index in [1.807, 2.05) is 0 Å². The average molecular weight is 137 g/mol. The molecule has 0 aromatic heterocycles. The first-order valence-electron chi connectivity index (χ1n) is 2.15. The highest BCUT2D eigenvalue weighted by molar-refractivity contribution is 7.98. The lowest BCUT2D eigenvalue weighted by molar-refractivity contribution is 0.249. The van der Waals surface area contributed by atoms with Crippen LogP contribution in [0.15, 0.2) is 0 Å². The van der Waals surface area contributed by atoms with Crippen LogP contribution in [0.1, 0.15) is 0 Å². The van der Waals surface area contributed by atoms with Gasteiger partial charge in [-0.05, 0) is 0 Å². The summed E-state index contributed by atoms with van der Waals surface area (Å²) >= 11 is 0. The number of hydrogen-bond acceptors (Lipinski definition) is 2. The van der Waals surface area contributed by atoms with Crippen LogP contribution < -0.4 is 5.14 Å². The van der Waals surface area contributed by atoms with Gasteiger partial charge in [0.05, 0.1) is 6.61 Å². The Morgan fingerprint density at radius 1 is 1.88 bits per heavy atom. The maximum Gasteiger partial charge on any atom is 0.0732 e. The first-order valence-corrected chi connectivity index (χ1v) is 4.24. The van der Waals surface area contributed by atoms with Crippen molar-refractivity contribution in [1.29, 1.82) is 0 Å². The minimum Gasteiger partial charge on any atom is -0.380 e. The van der Waals surface area contributed by atoms with Crippen LogP contribution in [-0.4, -0.2) is 29.5 Å². The van der Waals surface area contributed by atoms with E-state index in [1.165, 1.54) is 18.7 Å². The maximum atomic E-state index is 10.6. The number of ether oxygens (including phenoxy) is 1. The highest BCUT2D eigenvalue weighted by atomic mass is 32.2. The predicted octanol–water partition coefficient (Wildman–Crippen LogP) is -0.777. The van der Waals surface area contributed by atoms with E-state index >= 15 is 0 Å². The molecule has 0 saturated carbocycles. The van der Waals surface area contributed by atoms with Crippen molar-refractivity contribution in [2.75, 3.05) is 20.0 Å². The van der Waals surface area contributed by atoms with Crippen molar-refractivity contribution in [1.82, 2.24) is 0 Å². The molecule has 8 heavy (non-hydrogen) atoms. The molecule has 0 heterocycles. The fourth-order valence-electron chi connectivity index (χ4n) is 0.203. The Morgan fingerprint density at radius 2 is 2.38 bits per heavy atom. The fourth-order valence-corrected chi connectivity index (χ4v) is 0.609. The van der Waals surface area contributed by atoms with Gasteiger partial charge in [-0.15, -0.1) is 0 Å². The van der Waals surface area contributed by atoms with E-state index in [2.05, 4.69) is 4.74 Å². The zero-order chi connectivity index (χ0) is 6.62. The van der Waals surface area contributed by atoms with Gasteiger partial charge < -0.3 is 4.74 Å². The Labute approximate surface area is 50.0 Å². The van der Waals surface area contributed by atoms with E-state index < -0.39 is 9.71 Å². The zero-order valence-corrected chi connectivity index (χ0v) is 5.90. The van der Waals surface area contributed by atoms with Gasteiger partial charge in [-0.1, -0.05) is 0 Å². The quantitative estimate of drug-likeness (QED) is 0.508. The molecule has 0 aromatic rings. The number of rotatable bonds is 2. The van der Waals surface area contributed by atoms with Gasteiger partial charge in [0.25, 0.3) is 0 Å². The van der Waals surface area contributed by atoms with E-state index in [9.17, 15) is 4.21 Å². The summed E-state index contributed by atoms with van der Waals surface area (Å²) in [7, 11) is -0.657. The third-order valence-electron chi connectivity index (χ3n) is 0.566. The Hall–Kier alpha value is -0.0600. The van der Waals surface area contributed by atoms with Gasteiger partial charge in [-0.25, -0.2) is 0 Å². The lowest BCUT2D eigenvalue weighted by Crippen LogP contribution is -2.14. The molecule has 3 nitrogen and oxygen atoms in total. The zero-order valence-electron chi connectivity index (χ0n) is 5.09. The number of methoxy groups -OCH3 is 1. The lowest BCUT2D eigenvalue weighted by atomic mass is 10.9. The van der Waals surface area contributed by atoms with Gasteiger partial charge >= 0.3 is 0 Å². The van der Waals surface area contributed by atoms with Crippen LogP contribution in [0.5, 0.6) is 0 Å². The number of nitrogens with two attached hydrogens (primary N) is 1. The molecule has 4 heteroatoms. The van der Waals surface area contributed by atoms with Crippen LogP contribution >= 0.6 is 0 Å². The third-order valence-corrected chi connectivity index (χ3v) is 1.36. The van der Waals surface area contributed by atoms with Crippen molar-refractivity contribution in [3.63, 3.8) is 0 Å². The molecular formula is C4H11NO2S. The van der Waals surface area contributed by atoms with E-state index in [-0.39, 0.29) is 0 Å². The highest BCUT2D eigenvalue weighted by Gasteiger charge is 1.83. The Kier molecular flexibility index (Phi) is 3.04. The summed E-state index contributed by atoms with van der Waals surface area (Å²) in [6.45, 7) is 0.353. The summed E-state index contributed by atoms with van der Waals surface area (Å²) in [5.41, 5.74) is 0. The van der Waals surface area contributed by atoms with Crippen molar-refractivity contribution < 1.29 is 8.95 Å². The van der Waals surface area contributed by atoms with Crippen LogP contribution in [0.2, 0.25) is 0 Å². The van der Waals surface area contributed by atoms with Gasteiger partial charge in [0.2, 0.25) is 0 Å². The minimum absolute atomic E-state index is 0.353. The van der Waals surface area contributed by atoms with Crippen LogP contribution in [0.4, 0.5) is 0 Å². The topological polar surface area (TPSA) is 52.3 Å². The van der Waals surface area contributed by atoms with Gasteiger partial charge in [-0.2, -0.15) is 0 Å². The summed E-state index contributed by atoms with van der Waals surface area (Å²) in [6, 6.07) is 0. The monoisotopic (exact) mass is 137 g/mol. The smallest absolute Gasteiger partial charge is 0.0732 e. The fraction of sp³-hybridized carbons (Fsp3) is 0.750. The maximum absolute atomic E-state index is 10.6. The second kappa shape index (κ2) is 3.06. The largest absolute Gasteiger partial charge is 0.380 e. The molecule has 50 valence electrons. The van der Waals surface area contributed by atoms with Crippen molar-refractivity contribution in [2.45, 2.75) is 0 Å². The summed E-state index contributed by atoms with van der Waals surface area (Å²) in [6.07, 6.45) is 1.46. The average Bonchev–Trinajstić information content (AvgIpc) is 1.59. The highest BCUT2D eigenvalue weighted by Crippen LogP contribution is 1.67. The Morgan fingerprint density at radius 3 is 2.50 bits per heavy atom. The normalized spacial score (nSPS) is 17.4. The van der Waals surface area contributed by atoms with Crippen LogP contribution in [0.25, 0.3) is 0 Å². The van der Waals surface area contributed by atoms with E-state index in [0.717, 1.165) is 0 Å². The van der Waals surface area contributed by atoms with Crippen LogP contribution in [0, 0.1) is 0 Å². The molecule has 1 atom stereocenters. The second-order valence-corrected chi connectivity index (χ2v) is 3.86. The summed E-state index contributed by atoms with van der Waals surface area (Å²) in [5, 5.41) is 6.57. The molecular weight excluding hydrogens is 126 g/mol. The summed E-state index contributed by atoms with van der Waals surface area (Å²) in [5.74, 6) is 0. The molecule has 0 aliphatic carbocycles. The van der Waals surface area contributed by atoms with Gasteiger partial charge in [-0.3, -0.25) is 9.35 Å². The Bertz CT molecular complexity index is 149. The third kappa shape index (κ3) is 5.94. The summed E-state index contributed by atoms with van der Waals surface area (Å²) < 4.78 is 15.2. The summed E-state index contributed by atoms with van der Waals surface area (Å²) in [4.78, 5) is 0. The molecule has 0 rings (SSSR count). The molecule has 0 aliphatic heterocycles. The molecule has 2 N–H and O–H groups in total. The molecule has 0 spiro atoms. The first kappa shape index (κ1) is 7.94. The molecule has 0 radical (unpaired) electrons.